The van der Waals surface area contributed by atoms with Crippen molar-refractivity contribution in [2.75, 3.05) is 18.1 Å². The highest BCUT2D eigenvalue weighted by Gasteiger charge is 2.39. The molecular weight excluding hydrogens is 292 g/mol. The molecule has 1 saturated heterocycles. The van der Waals surface area contributed by atoms with Gasteiger partial charge in [0.15, 0.2) is 5.60 Å². The van der Waals surface area contributed by atoms with Gasteiger partial charge < -0.3 is 10.4 Å². The molecule has 2 heterocycles. The largest absolute Gasteiger partial charge is 0.379 e. The first-order valence-corrected chi connectivity index (χ1v) is 8.88. The Morgan fingerprint density at radius 3 is 2.85 bits per heavy atom. The SMILES string of the molecule is CC(C)(C)c1csc(CCNC(=O)C2(O)CCSC2)n1. The number of hydrogen-bond donors (Lipinski definition) is 2. The van der Waals surface area contributed by atoms with Crippen LogP contribution in [0.1, 0.15) is 37.9 Å². The molecule has 6 heteroatoms. The number of aliphatic hydroxyl groups is 1. The number of carbonyl (C=O) groups is 1. The van der Waals surface area contributed by atoms with Gasteiger partial charge in [-0.2, -0.15) is 11.8 Å². The Bertz CT molecular complexity index is 474. The summed E-state index contributed by atoms with van der Waals surface area (Å²) in [6, 6.07) is 0. The van der Waals surface area contributed by atoms with Gasteiger partial charge in [-0.25, -0.2) is 4.98 Å². The molecule has 0 spiro atoms. The topological polar surface area (TPSA) is 62.2 Å². The molecule has 112 valence electrons. The van der Waals surface area contributed by atoms with Crippen molar-refractivity contribution in [2.45, 2.75) is 44.6 Å². The lowest BCUT2D eigenvalue weighted by Crippen LogP contribution is -2.47. The molecule has 0 bridgehead atoms. The highest BCUT2D eigenvalue weighted by Crippen LogP contribution is 2.28. The van der Waals surface area contributed by atoms with Crippen LogP contribution in [0.3, 0.4) is 0 Å². The lowest BCUT2D eigenvalue weighted by Gasteiger charge is -2.19. The van der Waals surface area contributed by atoms with Crippen LogP contribution in [0.2, 0.25) is 0 Å². The van der Waals surface area contributed by atoms with Crippen LogP contribution in [0.4, 0.5) is 0 Å². The molecule has 2 rings (SSSR count). The minimum atomic E-state index is -1.16. The monoisotopic (exact) mass is 314 g/mol. The van der Waals surface area contributed by atoms with Gasteiger partial charge in [-0.1, -0.05) is 20.8 Å². The zero-order valence-electron chi connectivity index (χ0n) is 12.2. The van der Waals surface area contributed by atoms with Crippen LogP contribution in [0, 0.1) is 0 Å². The Hall–Kier alpha value is -0.590. The molecule has 0 aliphatic carbocycles. The first kappa shape index (κ1) is 15.8. The Labute approximate surface area is 128 Å². The average molecular weight is 314 g/mol. The maximum atomic E-state index is 11.9. The summed E-state index contributed by atoms with van der Waals surface area (Å²) < 4.78 is 0. The Morgan fingerprint density at radius 1 is 1.55 bits per heavy atom. The van der Waals surface area contributed by atoms with Gasteiger partial charge in [0, 0.05) is 29.5 Å². The Morgan fingerprint density at radius 2 is 2.30 bits per heavy atom. The van der Waals surface area contributed by atoms with Gasteiger partial charge in [0.2, 0.25) is 0 Å². The predicted octanol–water partition coefficient (Wildman–Crippen LogP) is 1.97. The van der Waals surface area contributed by atoms with Crippen molar-refractivity contribution in [2.24, 2.45) is 0 Å². The molecule has 1 atom stereocenters. The lowest BCUT2D eigenvalue weighted by atomic mass is 9.93. The molecule has 1 aliphatic heterocycles. The van der Waals surface area contributed by atoms with Crippen molar-refractivity contribution in [1.82, 2.24) is 10.3 Å². The molecular formula is C14H22N2O2S2. The Balaban J connectivity index is 1.81. The molecule has 0 saturated carbocycles. The number of thiazole rings is 1. The van der Waals surface area contributed by atoms with Crippen LogP contribution in [0.25, 0.3) is 0 Å². The molecule has 20 heavy (non-hydrogen) atoms. The van der Waals surface area contributed by atoms with E-state index in [1.54, 1.807) is 23.1 Å². The summed E-state index contributed by atoms with van der Waals surface area (Å²) in [6.45, 7) is 6.95. The summed E-state index contributed by atoms with van der Waals surface area (Å²) in [5.74, 6) is 1.12. The highest BCUT2D eigenvalue weighted by molar-refractivity contribution is 7.99. The summed E-state index contributed by atoms with van der Waals surface area (Å²) in [5, 5.41) is 16.1. The van der Waals surface area contributed by atoms with E-state index in [9.17, 15) is 9.90 Å². The van der Waals surface area contributed by atoms with Gasteiger partial charge in [0.25, 0.3) is 5.91 Å². The molecule has 1 amide bonds. The second-order valence-corrected chi connectivity index (χ2v) is 8.26. The highest BCUT2D eigenvalue weighted by atomic mass is 32.2. The first-order valence-electron chi connectivity index (χ1n) is 6.85. The number of amides is 1. The zero-order valence-corrected chi connectivity index (χ0v) is 13.9. The van der Waals surface area contributed by atoms with E-state index in [4.69, 9.17) is 0 Å². The molecule has 1 aromatic heterocycles. The number of rotatable bonds is 4. The van der Waals surface area contributed by atoms with E-state index in [0.29, 0.717) is 18.7 Å². The van der Waals surface area contributed by atoms with E-state index < -0.39 is 5.60 Å². The van der Waals surface area contributed by atoms with Crippen molar-refractivity contribution in [3.63, 3.8) is 0 Å². The number of aromatic nitrogens is 1. The molecule has 1 aromatic rings. The maximum Gasteiger partial charge on any atom is 0.252 e. The summed E-state index contributed by atoms with van der Waals surface area (Å²) >= 11 is 3.25. The quantitative estimate of drug-likeness (QED) is 0.892. The van der Waals surface area contributed by atoms with Gasteiger partial charge in [-0.15, -0.1) is 11.3 Å². The normalized spacial score (nSPS) is 23.0. The number of carbonyl (C=O) groups excluding carboxylic acids is 1. The minimum absolute atomic E-state index is 0.0637. The Kier molecular flexibility index (Phi) is 4.76. The van der Waals surface area contributed by atoms with E-state index in [0.717, 1.165) is 22.9 Å². The molecule has 1 unspecified atom stereocenters. The number of hydrogen-bond acceptors (Lipinski definition) is 5. The fraction of sp³-hybridized carbons (Fsp3) is 0.714. The van der Waals surface area contributed by atoms with E-state index in [1.165, 1.54) is 0 Å². The van der Waals surface area contributed by atoms with Crippen LogP contribution < -0.4 is 5.32 Å². The van der Waals surface area contributed by atoms with E-state index in [1.807, 2.05) is 0 Å². The average Bonchev–Trinajstić information content (AvgIpc) is 2.98. The van der Waals surface area contributed by atoms with Crippen LogP contribution in [-0.2, 0) is 16.6 Å². The van der Waals surface area contributed by atoms with Gasteiger partial charge in [0.1, 0.15) is 0 Å². The van der Waals surface area contributed by atoms with Crippen molar-refractivity contribution in [3.8, 4) is 0 Å². The lowest BCUT2D eigenvalue weighted by molar-refractivity contribution is -0.137. The summed E-state index contributed by atoms with van der Waals surface area (Å²) in [4.78, 5) is 16.5. The predicted molar refractivity (Wildman–Crippen MR) is 84.4 cm³/mol. The van der Waals surface area contributed by atoms with Gasteiger partial charge in [-0.05, 0) is 12.2 Å². The van der Waals surface area contributed by atoms with E-state index in [-0.39, 0.29) is 11.3 Å². The van der Waals surface area contributed by atoms with Crippen LogP contribution in [-0.4, -0.2) is 39.6 Å². The third-order valence-corrected chi connectivity index (χ3v) is 5.45. The minimum Gasteiger partial charge on any atom is -0.379 e. The fourth-order valence-corrected chi connectivity index (χ4v) is 4.22. The molecule has 1 fully saturated rings. The smallest absolute Gasteiger partial charge is 0.252 e. The number of nitrogens with zero attached hydrogens (tertiary/aromatic N) is 1. The second kappa shape index (κ2) is 6.03. The van der Waals surface area contributed by atoms with Crippen molar-refractivity contribution < 1.29 is 9.90 Å². The first-order chi connectivity index (χ1) is 9.31. The molecule has 1 aliphatic rings. The standard InChI is InChI=1S/C14H22N2O2S2/c1-13(2,3)10-8-20-11(16-10)4-6-15-12(17)14(18)5-7-19-9-14/h8,18H,4-7,9H2,1-3H3,(H,15,17). The number of thioether (sulfide) groups is 1. The molecule has 4 nitrogen and oxygen atoms in total. The maximum absolute atomic E-state index is 11.9. The number of nitrogens with one attached hydrogen (secondary N) is 1. The van der Waals surface area contributed by atoms with Crippen molar-refractivity contribution >= 4 is 29.0 Å². The third-order valence-electron chi connectivity index (χ3n) is 3.37. The van der Waals surface area contributed by atoms with Crippen LogP contribution in [0.15, 0.2) is 5.38 Å². The summed E-state index contributed by atoms with van der Waals surface area (Å²) in [7, 11) is 0. The molecule has 0 aromatic carbocycles. The summed E-state index contributed by atoms with van der Waals surface area (Å²) in [6.07, 6.45) is 1.27. The van der Waals surface area contributed by atoms with E-state index >= 15 is 0 Å². The molecule has 2 N–H and O–H groups in total. The van der Waals surface area contributed by atoms with Crippen LogP contribution in [0.5, 0.6) is 0 Å². The fourth-order valence-electron chi connectivity index (χ4n) is 1.95. The second-order valence-electron chi connectivity index (χ2n) is 6.22. The van der Waals surface area contributed by atoms with E-state index in [2.05, 4.69) is 36.5 Å². The summed E-state index contributed by atoms with van der Waals surface area (Å²) in [5.41, 5.74) is -0.00660. The van der Waals surface area contributed by atoms with Crippen molar-refractivity contribution in [1.29, 1.82) is 0 Å². The van der Waals surface area contributed by atoms with Crippen molar-refractivity contribution in [3.05, 3.63) is 16.1 Å². The molecule has 0 radical (unpaired) electrons. The van der Waals surface area contributed by atoms with Gasteiger partial charge in [-0.3, -0.25) is 4.79 Å². The van der Waals surface area contributed by atoms with Gasteiger partial charge in [0.05, 0.1) is 10.7 Å². The van der Waals surface area contributed by atoms with Gasteiger partial charge >= 0.3 is 0 Å². The third kappa shape index (κ3) is 3.74. The van der Waals surface area contributed by atoms with Crippen LogP contribution >= 0.6 is 23.1 Å². The zero-order chi connectivity index (χ0) is 14.8.